The predicted molar refractivity (Wildman–Crippen MR) is 60.9 cm³/mol. The lowest BCUT2D eigenvalue weighted by Crippen LogP contribution is -2.28. The van der Waals surface area contributed by atoms with Crippen molar-refractivity contribution in [2.75, 3.05) is 0 Å². The van der Waals surface area contributed by atoms with E-state index in [4.69, 9.17) is 0 Å². The summed E-state index contributed by atoms with van der Waals surface area (Å²) in [5.41, 5.74) is 1.29. The van der Waals surface area contributed by atoms with E-state index >= 15 is 0 Å². The lowest BCUT2D eigenvalue weighted by atomic mass is 10.00. The van der Waals surface area contributed by atoms with Crippen molar-refractivity contribution in [3.05, 3.63) is 46.2 Å². The van der Waals surface area contributed by atoms with Crippen LogP contribution in [0.2, 0.25) is 0 Å². The third kappa shape index (κ3) is 1.56. The summed E-state index contributed by atoms with van der Waals surface area (Å²) >= 11 is 4.32. The number of hydrogen-bond acceptors (Lipinski definition) is 1. The van der Waals surface area contributed by atoms with E-state index in [0.717, 1.165) is 17.7 Å². The number of benzene rings is 1. The first kappa shape index (κ1) is 8.64. The van der Waals surface area contributed by atoms with Crippen molar-refractivity contribution in [2.45, 2.75) is 12.8 Å². The molecule has 0 bridgehead atoms. The predicted octanol–water partition coefficient (Wildman–Crippen LogP) is 1.86. The van der Waals surface area contributed by atoms with Crippen LogP contribution in [-0.4, -0.2) is 0 Å². The van der Waals surface area contributed by atoms with Gasteiger partial charge >= 0.3 is 0 Å². The minimum atomic E-state index is 0.903. The summed E-state index contributed by atoms with van der Waals surface area (Å²) < 4.78 is 0. The molecular weight excluding hydrogens is 176 g/mol. The molecular formula is C12H12S. The van der Waals surface area contributed by atoms with Crippen molar-refractivity contribution in [1.82, 2.24) is 0 Å². The van der Waals surface area contributed by atoms with Crippen molar-refractivity contribution >= 4 is 24.3 Å². The standard InChI is InChI=1S/C12H12S/c1-9(13)11-8-4-6-10-5-2-3-7-12(10)11/h2-3,5-7,13H,1,4,8H2. The first-order valence-electron chi connectivity index (χ1n) is 4.45. The van der Waals surface area contributed by atoms with Crippen LogP contribution < -0.4 is 10.4 Å². The van der Waals surface area contributed by atoms with Gasteiger partial charge in [0.15, 0.2) is 0 Å². The van der Waals surface area contributed by atoms with Gasteiger partial charge in [-0.1, -0.05) is 36.9 Å². The highest BCUT2D eigenvalue weighted by Crippen LogP contribution is 2.18. The first-order valence-corrected chi connectivity index (χ1v) is 4.90. The van der Waals surface area contributed by atoms with E-state index in [-0.39, 0.29) is 0 Å². The Kier molecular flexibility index (Phi) is 2.28. The van der Waals surface area contributed by atoms with Crippen molar-refractivity contribution in [3.63, 3.8) is 0 Å². The van der Waals surface area contributed by atoms with Crippen LogP contribution in [0.15, 0.2) is 35.7 Å². The van der Waals surface area contributed by atoms with E-state index in [1.807, 2.05) is 0 Å². The van der Waals surface area contributed by atoms with Gasteiger partial charge < -0.3 is 0 Å². The molecule has 1 aliphatic rings. The second-order valence-corrected chi connectivity index (χ2v) is 3.80. The summed E-state index contributed by atoms with van der Waals surface area (Å²) in [6.45, 7) is 3.89. The molecule has 1 heteroatoms. The van der Waals surface area contributed by atoms with Gasteiger partial charge in [-0.15, -0.1) is 12.6 Å². The Morgan fingerprint density at radius 2 is 2.08 bits per heavy atom. The molecule has 0 fully saturated rings. The summed E-state index contributed by atoms with van der Waals surface area (Å²) in [6, 6.07) is 8.42. The zero-order chi connectivity index (χ0) is 9.26. The quantitative estimate of drug-likeness (QED) is 0.639. The highest BCUT2D eigenvalue weighted by molar-refractivity contribution is 7.85. The molecule has 0 atom stereocenters. The third-order valence-electron chi connectivity index (χ3n) is 2.39. The topological polar surface area (TPSA) is 0 Å². The average molecular weight is 188 g/mol. The molecule has 2 rings (SSSR count). The second-order valence-electron chi connectivity index (χ2n) is 3.26. The van der Waals surface area contributed by atoms with Crippen LogP contribution in [0.4, 0.5) is 0 Å². The molecule has 1 aromatic rings. The molecule has 0 heterocycles. The lowest BCUT2D eigenvalue weighted by Gasteiger charge is -2.09. The van der Waals surface area contributed by atoms with Crippen molar-refractivity contribution in [3.8, 4) is 0 Å². The van der Waals surface area contributed by atoms with Crippen molar-refractivity contribution in [1.29, 1.82) is 0 Å². The molecule has 0 unspecified atom stereocenters. The molecule has 66 valence electrons. The Hall–Kier alpha value is -0.950. The first-order chi connectivity index (χ1) is 6.29. The van der Waals surface area contributed by atoms with E-state index in [9.17, 15) is 0 Å². The summed E-state index contributed by atoms with van der Waals surface area (Å²) in [6.07, 6.45) is 4.45. The Labute approximate surface area is 83.7 Å². The fourth-order valence-corrected chi connectivity index (χ4v) is 1.99. The normalized spacial score (nSPS) is 14.7. The van der Waals surface area contributed by atoms with E-state index in [2.05, 4.69) is 49.5 Å². The molecule has 0 aliphatic heterocycles. The summed E-state index contributed by atoms with van der Waals surface area (Å²) in [4.78, 5) is 0.903. The molecule has 0 saturated heterocycles. The maximum absolute atomic E-state index is 4.32. The van der Waals surface area contributed by atoms with Gasteiger partial charge in [0, 0.05) is 4.91 Å². The monoisotopic (exact) mass is 188 g/mol. The van der Waals surface area contributed by atoms with Gasteiger partial charge in [-0.25, -0.2) is 0 Å². The minimum absolute atomic E-state index is 0.903. The number of hydrogen-bond donors (Lipinski definition) is 1. The fraction of sp³-hybridized carbons (Fsp3) is 0.167. The van der Waals surface area contributed by atoms with Crippen LogP contribution >= 0.6 is 12.6 Å². The van der Waals surface area contributed by atoms with Gasteiger partial charge in [-0.05, 0) is 28.9 Å². The summed E-state index contributed by atoms with van der Waals surface area (Å²) in [7, 11) is 0. The van der Waals surface area contributed by atoms with Crippen LogP contribution in [0.3, 0.4) is 0 Å². The lowest BCUT2D eigenvalue weighted by molar-refractivity contribution is 1.08. The summed E-state index contributed by atoms with van der Waals surface area (Å²) in [5, 5.41) is 2.62. The zero-order valence-corrected chi connectivity index (χ0v) is 8.35. The van der Waals surface area contributed by atoms with Gasteiger partial charge in [-0.3, -0.25) is 0 Å². The largest absolute Gasteiger partial charge is 0.144 e. The van der Waals surface area contributed by atoms with Crippen LogP contribution in [0.25, 0.3) is 11.6 Å². The van der Waals surface area contributed by atoms with Gasteiger partial charge in [0.1, 0.15) is 0 Å². The third-order valence-corrected chi connectivity index (χ3v) is 2.66. The number of thiol groups is 1. The molecule has 1 aromatic carbocycles. The van der Waals surface area contributed by atoms with Crippen LogP contribution in [0, 0.1) is 0 Å². The maximum Gasteiger partial charge on any atom is 0.000637 e. The molecule has 0 saturated carbocycles. The smallest absolute Gasteiger partial charge is 0.000637 e. The molecule has 0 aromatic heterocycles. The molecule has 0 N–H and O–H groups in total. The van der Waals surface area contributed by atoms with Crippen LogP contribution in [0.1, 0.15) is 12.8 Å². The van der Waals surface area contributed by atoms with Crippen LogP contribution in [0.5, 0.6) is 0 Å². The van der Waals surface area contributed by atoms with Crippen molar-refractivity contribution < 1.29 is 0 Å². The van der Waals surface area contributed by atoms with Gasteiger partial charge in [0.25, 0.3) is 0 Å². The molecule has 13 heavy (non-hydrogen) atoms. The van der Waals surface area contributed by atoms with Gasteiger partial charge in [0.05, 0.1) is 0 Å². The zero-order valence-electron chi connectivity index (χ0n) is 7.46. The molecule has 0 nitrogen and oxygen atoms in total. The number of allylic oxidation sites excluding steroid dienone is 1. The average Bonchev–Trinajstić information content (AvgIpc) is 2.17. The SMILES string of the molecule is C=C(S)C1=c2ccccc2=CCC1. The van der Waals surface area contributed by atoms with Gasteiger partial charge in [-0.2, -0.15) is 0 Å². The Morgan fingerprint density at radius 1 is 1.31 bits per heavy atom. The Morgan fingerprint density at radius 3 is 2.85 bits per heavy atom. The highest BCUT2D eigenvalue weighted by atomic mass is 32.1. The number of rotatable bonds is 1. The highest BCUT2D eigenvalue weighted by Gasteiger charge is 2.04. The maximum atomic E-state index is 4.32. The molecule has 0 amide bonds. The minimum Gasteiger partial charge on any atom is -0.144 e. The van der Waals surface area contributed by atoms with Crippen molar-refractivity contribution in [2.24, 2.45) is 0 Å². The molecule has 0 radical (unpaired) electrons. The van der Waals surface area contributed by atoms with Crippen LogP contribution in [-0.2, 0) is 0 Å². The van der Waals surface area contributed by atoms with E-state index < -0.39 is 0 Å². The summed E-state index contributed by atoms with van der Waals surface area (Å²) in [5.74, 6) is 0. The fourth-order valence-electron chi connectivity index (χ4n) is 1.76. The second kappa shape index (κ2) is 3.43. The van der Waals surface area contributed by atoms with E-state index in [1.54, 1.807) is 0 Å². The molecule has 0 spiro atoms. The Bertz CT molecular complexity index is 454. The molecule has 1 aliphatic carbocycles. The van der Waals surface area contributed by atoms with Gasteiger partial charge in [0.2, 0.25) is 0 Å². The Balaban J connectivity index is 2.83. The van der Waals surface area contributed by atoms with E-state index in [1.165, 1.54) is 16.0 Å². The van der Waals surface area contributed by atoms with E-state index in [0.29, 0.717) is 0 Å². The number of fused-ring (bicyclic) bond motifs is 1.